The highest BCUT2D eigenvalue weighted by Gasteiger charge is 1.96. The normalized spacial score (nSPS) is 13.2. The standard InChI is InChI=1S/C10H7BrN2/c11-9-5-3-8(4-6-9)10-2-1-7-12-13-10/h1-7H/i1D,2D,7D. The van der Waals surface area contributed by atoms with Crippen molar-refractivity contribution in [1.29, 1.82) is 0 Å². The Labute approximate surface area is 89.0 Å². The monoisotopic (exact) mass is 237 g/mol. The maximum Gasteiger partial charge on any atom is 0.0929 e. The lowest BCUT2D eigenvalue weighted by molar-refractivity contribution is 1.04. The van der Waals surface area contributed by atoms with Crippen LogP contribution in [0.15, 0.2) is 47.0 Å². The van der Waals surface area contributed by atoms with Gasteiger partial charge >= 0.3 is 0 Å². The van der Waals surface area contributed by atoms with Gasteiger partial charge in [-0.3, -0.25) is 0 Å². The molecule has 0 spiro atoms. The van der Waals surface area contributed by atoms with E-state index in [1.807, 2.05) is 12.1 Å². The summed E-state index contributed by atoms with van der Waals surface area (Å²) in [5.74, 6) is 0. The molecule has 0 atom stereocenters. The van der Waals surface area contributed by atoms with Crippen LogP contribution in [0.5, 0.6) is 0 Å². The highest BCUT2D eigenvalue weighted by Crippen LogP contribution is 2.18. The Balaban J connectivity index is 2.57. The predicted octanol–water partition coefficient (Wildman–Crippen LogP) is 2.91. The van der Waals surface area contributed by atoms with Crippen LogP contribution in [-0.4, -0.2) is 10.2 Å². The molecule has 2 nitrogen and oxygen atoms in total. The van der Waals surface area contributed by atoms with Crippen LogP contribution < -0.4 is 0 Å². The summed E-state index contributed by atoms with van der Waals surface area (Å²) < 4.78 is 23.4. The van der Waals surface area contributed by atoms with Crippen LogP contribution in [0.4, 0.5) is 0 Å². The van der Waals surface area contributed by atoms with Gasteiger partial charge in [-0.2, -0.15) is 10.2 Å². The molecule has 2 aromatic rings. The number of rotatable bonds is 1. The molecule has 13 heavy (non-hydrogen) atoms. The number of hydrogen-bond donors (Lipinski definition) is 0. The molecule has 1 aromatic carbocycles. The van der Waals surface area contributed by atoms with E-state index < -0.39 is 0 Å². The van der Waals surface area contributed by atoms with E-state index in [2.05, 4.69) is 26.1 Å². The molecule has 0 N–H and O–H groups in total. The summed E-state index contributed by atoms with van der Waals surface area (Å²) in [6.45, 7) is 0. The van der Waals surface area contributed by atoms with Gasteiger partial charge < -0.3 is 0 Å². The highest BCUT2D eigenvalue weighted by molar-refractivity contribution is 9.10. The Morgan fingerprint density at radius 3 is 2.77 bits per heavy atom. The fraction of sp³-hybridized carbons (Fsp3) is 0. The molecule has 64 valence electrons. The van der Waals surface area contributed by atoms with Gasteiger partial charge in [0.2, 0.25) is 0 Å². The van der Waals surface area contributed by atoms with Crippen LogP contribution >= 0.6 is 15.9 Å². The molecule has 0 radical (unpaired) electrons. The van der Waals surface area contributed by atoms with E-state index in [-0.39, 0.29) is 18.3 Å². The van der Waals surface area contributed by atoms with Crippen molar-refractivity contribution < 1.29 is 4.11 Å². The molecule has 0 saturated heterocycles. The third-order valence-electron chi connectivity index (χ3n) is 1.55. The highest BCUT2D eigenvalue weighted by atomic mass is 79.9. The first-order valence-electron chi connectivity index (χ1n) is 5.16. The SMILES string of the molecule is [2H]c1nnc(-c2ccc(Br)cc2)c([2H])c1[2H]. The molecule has 0 fully saturated rings. The molecular formula is C10H7BrN2. The van der Waals surface area contributed by atoms with E-state index >= 15 is 0 Å². The number of halogens is 1. The van der Waals surface area contributed by atoms with Crippen LogP contribution in [0.1, 0.15) is 4.11 Å². The second kappa shape index (κ2) is 3.66. The van der Waals surface area contributed by atoms with Crippen LogP contribution in [0.3, 0.4) is 0 Å². The number of hydrogen-bond acceptors (Lipinski definition) is 2. The first kappa shape index (κ1) is 5.50. The lowest BCUT2D eigenvalue weighted by Gasteiger charge is -1.98. The van der Waals surface area contributed by atoms with Gasteiger partial charge in [0.1, 0.15) is 0 Å². The minimum absolute atomic E-state index is 0.0673. The Bertz CT molecular complexity index is 528. The largest absolute Gasteiger partial charge is 0.159 e. The molecule has 0 aliphatic rings. The average molecular weight is 238 g/mol. The molecule has 3 heteroatoms. The Kier molecular flexibility index (Phi) is 1.55. The maximum absolute atomic E-state index is 7.71. The zero-order valence-corrected chi connectivity index (χ0v) is 8.17. The maximum atomic E-state index is 7.71. The Morgan fingerprint density at radius 1 is 1.23 bits per heavy atom. The Hall–Kier alpha value is -1.22. The van der Waals surface area contributed by atoms with Crippen molar-refractivity contribution in [2.75, 3.05) is 0 Å². The Morgan fingerprint density at radius 2 is 2.00 bits per heavy atom. The molecule has 0 aliphatic heterocycles. The molecule has 0 unspecified atom stereocenters. The van der Waals surface area contributed by atoms with E-state index in [1.54, 1.807) is 12.1 Å². The summed E-state index contributed by atoms with van der Waals surface area (Å²) in [4.78, 5) is 0. The molecule has 1 aromatic heterocycles. The van der Waals surface area contributed by atoms with Crippen molar-refractivity contribution >= 4 is 15.9 Å². The van der Waals surface area contributed by atoms with E-state index in [1.165, 1.54) is 0 Å². The molecule has 0 bridgehead atoms. The number of aromatic nitrogens is 2. The zero-order valence-electron chi connectivity index (χ0n) is 9.58. The van der Waals surface area contributed by atoms with Gasteiger partial charge in [-0.25, -0.2) is 0 Å². The van der Waals surface area contributed by atoms with Crippen molar-refractivity contribution in [2.45, 2.75) is 0 Å². The molecule has 2 rings (SSSR count). The summed E-state index contributed by atoms with van der Waals surface area (Å²) in [5.41, 5.74) is 1.04. The summed E-state index contributed by atoms with van der Waals surface area (Å²) in [6, 6.07) is 6.96. The van der Waals surface area contributed by atoms with Gasteiger partial charge in [-0.05, 0) is 24.2 Å². The summed E-state index contributed by atoms with van der Waals surface area (Å²) >= 11 is 3.31. The van der Waals surface area contributed by atoms with Crippen molar-refractivity contribution in [2.24, 2.45) is 0 Å². The third-order valence-corrected chi connectivity index (χ3v) is 2.08. The fourth-order valence-electron chi connectivity index (χ4n) is 0.950. The van der Waals surface area contributed by atoms with E-state index in [9.17, 15) is 0 Å². The molecule has 1 heterocycles. The van der Waals surface area contributed by atoms with Crippen LogP contribution in [0, 0.1) is 0 Å². The summed E-state index contributed by atoms with van der Waals surface area (Å²) in [6.07, 6.45) is -0.272. The minimum Gasteiger partial charge on any atom is -0.159 e. The third kappa shape index (κ3) is 1.92. The fourth-order valence-corrected chi connectivity index (χ4v) is 1.21. The van der Waals surface area contributed by atoms with Gasteiger partial charge in [-0.15, -0.1) is 0 Å². The van der Waals surface area contributed by atoms with Crippen molar-refractivity contribution in [1.82, 2.24) is 10.2 Å². The van der Waals surface area contributed by atoms with Gasteiger partial charge in [-0.1, -0.05) is 28.1 Å². The summed E-state index contributed by atoms with van der Waals surface area (Å²) in [7, 11) is 0. The predicted molar refractivity (Wildman–Crippen MR) is 55.2 cm³/mol. The van der Waals surface area contributed by atoms with Crippen molar-refractivity contribution in [3.05, 3.63) is 47.0 Å². The number of nitrogens with zero attached hydrogens (tertiary/aromatic N) is 2. The first-order chi connectivity index (χ1) is 7.59. The second-order valence-corrected chi connectivity index (χ2v) is 3.33. The first-order valence-corrected chi connectivity index (χ1v) is 4.45. The van der Waals surface area contributed by atoms with Crippen molar-refractivity contribution in [3.8, 4) is 11.3 Å². The van der Waals surface area contributed by atoms with Gasteiger partial charge in [0, 0.05) is 16.2 Å². The summed E-state index contributed by atoms with van der Waals surface area (Å²) in [5, 5.41) is 7.31. The second-order valence-electron chi connectivity index (χ2n) is 2.42. The van der Waals surface area contributed by atoms with Gasteiger partial charge in [0.05, 0.1) is 9.81 Å². The molecule has 0 saturated carbocycles. The minimum atomic E-state index is -0.272. The van der Waals surface area contributed by atoms with Crippen molar-refractivity contribution in [3.63, 3.8) is 0 Å². The topological polar surface area (TPSA) is 25.8 Å². The molecule has 0 aliphatic carbocycles. The van der Waals surface area contributed by atoms with Gasteiger partial charge in [0.25, 0.3) is 0 Å². The van der Waals surface area contributed by atoms with Crippen LogP contribution in [-0.2, 0) is 0 Å². The zero-order chi connectivity index (χ0) is 11.7. The quantitative estimate of drug-likeness (QED) is 0.763. The molecular weight excluding hydrogens is 228 g/mol. The van der Waals surface area contributed by atoms with Crippen LogP contribution in [0.2, 0.25) is 0 Å². The number of benzene rings is 1. The lowest BCUT2D eigenvalue weighted by Crippen LogP contribution is -1.84. The van der Waals surface area contributed by atoms with Gasteiger partial charge in [0.15, 0.2) is 0 Å². The smallest absolute Gasteiger partial charge is 0.0929 e. The average Bonchev–Trinajstić information content (AvgIpc) is 2.28. The van der Waals surface area contributed by atoms with Crippen LogP contribution in [0.25, 0.3) is 11.3 Å². The molecule has 0 amide bonds. The lowest BCUT2D eigenvalue weighted by atomic mass is 10.1. The van der Waals surface area contributed by atoms with E-state index in [4.69, 9.17) is 4.11 Å². The van der Waals surface area contributed by atoms with E-state index in [0.29, 0.717) is 11.3 Å². The van der Waals surface area contributed by atoms with E-state index in [0.717, 1.165) is 4.47 Å².